The smallest absolute Gasteiger partial charge is 0.266 e. The van der Waals surface area contributed by atoms with Gasteiger partial charge in [-0.25, -0.2) is 8.78 Å². The number of halogens is 2. The maximum Gasteiger partial charge on any atom is 0.296 e. The molecule has 0 unspecified atom stereocenters. The Morgan fingerprint density at radius 3 is 2.52 bits per heavy atom. The topological polar surface area (TPSA) is 64.3 Å². The largest absolute Gasteiger partial charge is 0.296 e. The monoisotopic (exact) mass is 383 g/mol. The van der Waals surface area contributed by atoms with Crippen LogP contribution < -0.4 is 15.7 Å². The van der Waals surface area contributed by atoms with Gasteiger partial charge in [-0.15, -0.1) is 0 Å². The van der Waals surface area contributed by atoms with E-state index < -0.39 is 16.9 Å². The van der Waals surface area contributed by atoms with Crippen LogP contribution in [0.3, 0.4) is 0 Å². The third-order valence-corrected chi connectivity index (χ3v) is 4.89. The maximum absolute atomic E-state index is 13.8. The summed E-state index contributed by atoms with van der Waals surface area (Å²) in [6.45, 7) is 0. The van der Waals surface area contributed by atoms with E-state index in [1.807, 2.05) is 0 Å². The lowest BCUT2D eigenvalue weighted by atomic mass is 10.1. The van der Waals surface area contributed by atoms with Gasteiger partial charge in [0, 0.05) is 12.0 Å². The van der Waals surface area contributed by atoms with Crippen LogP contribution in [0.5, 0.6) is 0 Å². The van der Waals surface area contributed by atoms with E-state index in [4.69, 9.17) is 0 Å². The van der Waals surface area contributed by atoms with E-state index in [1.54, 1.807) is 18.2 Å². The zero-order valence-electron chi connectivity index (χ0n) is 13.7. The van der Waals surface area contributed by atoms with Gasteiger partial charge in [-0.3, -0.25) is 9.59 Å². The minimum atomic E-state index is -0.557. The third kappa shape index (κ3) is 3.39. The van der Waals surface area contributed by atoms with E-state index in [0.29, 0.717) is 5.56 Å². The molecule has 0 fully saturated rings. The Morgan fingerprint density at radius 1 is 1.04 bits per heavy atom. The number of hydrogen-bond donors (Lipinski definition) is 0. The summed E-state index contributed by atoms with van der Waals surface area (Å²) >= 11 is 0.964. The number of aromatic nitrogens is 3. The van der Waals surface area contributed by atoms with Gasteiger partial charge in [0.05, 0.1) is 4.53 Å². The number of nitrogens with zero attached hydrogens (tertiary/aromatic N) is 3. The van der Waals surface area contributed by atoms with Gasteiger partial charge in [0.25, 0.3) is 11.1 Å². The first-order valence-corrected chi connectivity index (χ1v) is 8.76. The molecular weight excluding hydrogens is 372 g/mol. The molecule has 0 aliphatic carbocycles. The van der Waals surface area contributed by atoms with Gasteiger partial charge in [-0.2, -0.15) is 14.6 Å². The van der Waals surface area contributed by atoms with Crippen molar-refractivity contribution in [1.29, 1.82) is 0 Å². The molecule has 134 valence electrons. The Hall–Kier alpha value is -3.26. The number of benzene rings is 2. The second-order valence-corrected chi connectivity index (χ2v) is 6.81. The van der Waals surface area contributed by atoms with Crippen molar-refractivity contribution in [2.24, 2.45) is 0 Å². The van der Waals surface area contributed by atoms with Gasteiger partial charge < -0.3 is 0 Å². The second kappa shape index (κ2) is 6.81. The summed E-state index contributed by atoms with van der Waals surface area (Å²) in [5.74, 6) is -0.841. The van der Waals surface area contributed by atoms with E-state index in [9.17, 15) is 18.4 Å². The normalized spacial score (nSPS) is 12.0. The van der Waals surface area contributed by atoms with Gasteiger partial charge in [0.1, 0.15) is 17.3 Å². The highest BCUT2D eigenvalue weighted by atomic mass is 32.1. The lowest BCUT2D eigenvalue weighted by Gasteiger charge is -2.00. The minimum Gasteiger partial charge on any atom is -0.266 e. The van der Waals surface area contributed by atoms with Crippen LogP contribution in [0, 0.1) is 11.6 Å². The molecule has 0 aliphatic rings. The van der Waals surface area contributed by atoms with Gasteiger partial charge in [0.2, 0.25) is 4.96 Å². The standard InChI is InChI=1S/C19H11F2N3O2S/c20-13-7-5-11(6-8-13)9-15-17(25)22-19-24(23-15)18(26)16(27-19)10-12-3-1-2-4-14(12)21/h1-8,10H,9H2/b16-10+. The van der Waals surface area contributed by atoms with Gasteiger partial charge in [-0.05, 0) is 29.8 Å². The molecule has 4 rings (SSSR count). The molecule has 0 N–H and O–H groups in total. The molecule has 4 aromatic rings. The van der Waals surface area contributed by atoms with Gasteiger partial charge in [0.15, 0.2) is 0 Å². The Bertz CT molecular complexity index is 1310. The summed E-state index contributed by atoms with van der Waals surface area (Å²) in [5.41, 5.74) is -0.0326. The molecule has 0 aliphatic heterocycles. The predicted octanol–water partition coefficient (Wildman–Crippen LogP) is 1.93. The van der Waals surface area contributed by atoms with Gasteiger partial charge >= 0.3 is 0 Å². The lowest BCUT2D eigenvalue weighted by molar-refractivity contribution is 0.625. The van der Waals surface area contributed by atoms with Crippen molar-refractivity contribution in [3.8, 4) is 0 Å². The molecule has 2 aromatic carbocycles. The van der Waals surface area contributed by atoms with Crippen LogP contribution in [0.2, 0.25) is 0 Å². The molecule has 0 amide bonds. The van der Waals surface area contributed by atoms with Crippen molar-refractivity contribution < 1.29 is 8.78 Å². The average molecular weight is 383 g/mol. The molecular formula is C19H11F2N3O2S. The third-order valence-electron chi connectivity index (χ3n) is 3.93. The van der Waals surface area contributed by atoms with E-state index >= 15 is 0 Å². The molecule has 5 nitrogen and oxygen atoms in total. The van der Waals surface area contributed by atoms with Crippen molar-refractivity contribution in [1.82, 2.24) is 14.6 Å². The zero-order chi connectivity index (χ0) is 19.0. The summed E-state index contributed by atoms with van der Waals surface area (Å²) < 4.78 is 28.1. The SMILES string of the molecule is O=c1nc2s/c(=C/c3ccccc3F)c(=O)n2nc1Cc1ccc(F)cc1. The summed E-state index contributed by atoms with van der Waals surface area (Å²) in [7, 11) is 0. The first-order chi connectivity index (χ1) is 13.0. The van der Waals surface area contributed by atoms with Crippen LogP contribution in [0.1, 0.15) is 16.8 Å². The first kappa shape index (κ1) is 17.2. The van der Waals surface area contributed by atoms with Crippen LogP contribution in [0.4, 0.5) is 8.78 Å². The quantitative estimate of drug-likeness (QED) is 0.542. The highest BCUT2D eigenvalue weighted by Gasteiger charge is 2.12. The summed E-state index contributed by atoms with van der Waals surface area (Å²) in [5, 5.41) is 4.11. The lowest BCUT2D eigenvalue weighted by Crippen LogP contribution is -2.28. The molecule has 0 radical (unpaired) electrons. The van der Waals surface area contributed by atoms with Crippen molar-refractivity contribution >= 4 is 22.4 Å². The Labute approximate surface area is 154 Å². The molecule has 0 spiro atoms. The fourth-order valence-corrected chi connectivity index (χ4v) is 3.48. The fourth-order valence-electron chi connectivity index (χ4n) is 2.58. The average Bonchev–Trinajstić information content (AvgIpc) is 2.94. The molecule has 0 saturated carbocycles. The van der Waals surface area contributed by atoms with E-state index in [1.165, 1.54) is 36.4 Å². The van der Waals surface area contributed by atoms with Crippen LogP contribution in [-0.2, 0) is 6.42 Å². The number of hydrogen-bond acceptors (Lipinski definition) is 5. The van der Waals surface area contributed by atoms with E-state index in [2.05, 4.69) is 10.1 Å². The Kier molecular flexibility index (Phi) is 4.33. The molecule has 0 atom stereocenters. The van der Waals surface area contributed by atoms with Crippen molar-refractivity contribution in [3.63, 3.8) is 0 Å². The van der Waals surface area contributed by atoms with Crippen LogP contribution in [-0.4, -0.2) is 14.6 Å². The number of fused-ring (bicyclic) bond motifs is 1. The molecule has 0 bridgehead atoms. The summed E-state index contributed by atoms with van der Waals surface area (Å²) in [6, 6.07) is 11.7. The van der Waals surface area contributed by atoms with Crippen LogP contribution in [0.25, 0.3) is 11.0 Å². The maximum atomic E-state index is 13.8. The van der Waals surface area contributed by atoms with Crippen molar-refractivity contribution in [2.45, 2.75) is 6.42 Å². The number of thiazole rings is 1. The van der Waals surface area contributed by atoms with E-state index in [-0.39, 0.29) is 33.0 Å². The Morgan fingerprint density at radius 2 is 1.78 bits per heavy atom. The molecule has 27 heavy (non-hydrogen) atoms. The number of rotatable bonds is 3. The molecule has 2 aromatic heterocycles. The fraction of sp³-hybridized carbons (Fsp3) is 0.0526. The highest BCUT2D eigenvalue weighted by molar-refractivity contribution is 7.15. The Balaban J connectivity index is 1.82. The predicted molar refractivity (Wildman–Crippen MR) is 97.8 cm³/mol. The van der Waals surface area contributed by atoms with E-state index in [0.717, 1.165) is 15.9 Å². The van der Waals surface area contributed by atoms with Gasteiger partial charge in [-0.1, -0.05) is 41.7 Å². The molecule has 2 heterocycles. The summed E-state index contributed by atoms with van der Waals surface area (Å²) in [6.07, 6.45) is 1.53. The molecule has 0 saturated heterocycles. The highest BCUT2D eigenvalue weighted by Crippen LogP contribution is 2.08. The minimum absolute atomic E-state index is 0.0754. The molecule has 8 heteroatoms. The zero-order valence-corrected chi connectivity index (χ0v) is 14.5. The van der Waals surface area contributed by atoms with Crippen molar-refractivity contribution in [3.05, 3.63) is 102 Å². The van der Waals surface area contributed by atoms with Crippen molar-refractivity contribution in [2.75, 3.05) is 0 Å². The van der Waals surface area contributed by atoms with Crippen LogP contribution >= 0.6 is 11.3 Å². The second-order valence-electron chi connectivity index (χ2n) is 5.80. The first-order valence-electron chi connectivity index (χ1n) is 7.95. The van der Waals surface area contributed by atoms with Crippen LogP contribution in [0.15, 0.2) is 58.1 Å². The summed E-state index contributed by atoms with van der Waals surface area (Å²) in [4.78, 5) is 28.8.